The van der Waals surface area contributed by atoms with Crippen LogP contribution in [0.5, 0.6) is 5.75 Å². The minimum Gasteiger partial charge on any atom is -0.482 e. The van der Waals surface area contributed by atoms with E-state index < -0.39 is 5.91 Å². The van der Waals surface area contributed by atoms with Gasteiger partial charge in [0.1, 0.15) is 5.75 Å². The van der Waals surface area contributed by atoms with Crippen LogP contribution in [-0.4, -0.2) is 18.7 Å². The third-order valence-electron chi connectivity index (χ3n) is 2.55. The molecular formula is C15H11BrCl2N2O2. The normalized spacial score (nSPS) is 10.7. The van der Waals surface area contributed by atoms with Crippen molar-refractivity contribution in [3.05, 3.63) is 62.5 Å². The van der Waals surface area contributed by atoms with E-state index in [-0.39, 0.29) is 6.61 Å². The van der Waals surface area contributed by atoms with Crippen LogP contribution in [-0.2, 0) is 4.79 Å². The molecule has 0 bridgehead atoms. The zero-order valence-electron chi connectivity index (χ0n) is 11.2. The molecular weight excluding hydrogens is 391 g/mol. The molecule has 7 heteroatoms. The Morgan fingerprint density at radius 3 is 2.77 bits per heavy atom. The van der Waals surface area contributed by atoms with E-state index in [1.807, 2.05) is 24.3 Å². The Morgan fingerprint density at radius 2 is 2.05 bits per heavy atom. The van der Waals surface area contributed by atoms with Gasteiger partial charge in [-0.3, -0.25) is 4.79 Å². The lowest BCUT2D eigenvalue weighted by molar-refractivity contribution is -0.123. The second-order valence-electron chi connectivity index (χ2n) is 4.18. The molecule has 0 spiro atoms. The molecule has 2 aromatic rings. The fourth-order valence-electron chi connectivity index (χ4n) is 1.52. The van der Waals surface area contributed by atoms with Crippen molar-refractivity contribution >= 4 is 51.3 Å². The van der Waals surface area contributed by atoms with Gasteiger partial charge in [0.15, 0.2) is 6.61 Å². The third kappa shape index (κ3) is 5.02. The Hall–Kier alpha value is -1.56. The van der Waals surface area contributed by atoms with Crippen LogP contribution in [0, 0.1) is 0 Å². The maximum absolute atomic E-state index is 11.6. The van der Waals surface area contributed by atoms with E-state index in [9.17, 15) is 4.79 Å². The number of carbonyl (C=O) groups excluding carboxylic acids is 1. The second-order valence-corrected chi connectivity index (χ2v) is 5.88. The van der Waals surface area contributed by atoms with Crippen LogP contribution in [0.3, 0.4) is 0 Å². The summed E-state index contributed by atoms with van der Waals surface area (Å²) in [6.45, 7) is -0.200. The molecule has 114 valence electrons. The fourth-order valence-corrected chi connectivity index (χ4v) is 2.37. The number of hydrazone groups is 1. The van der Waals surface area contributed by atoms with Crippen molar-refractivity contribution in [3.8, 4) is 5.75 Å². The van der Waals surface area contributed by atoms with E-state index in [0.717, 1.165) is 10.0 Å². The molecule has 2 rings (SSSR count). The standard InChI is InChI=1S/C15H11BrCl2N2O2/c16-12-4-2-1-3-10(12)8-19-20-15(21)9-22-14-6-5-11(17)7-13(14)18/h1-8H,9H2,(H,20,21)/b19-8+. The Kier molecular flexibility index (Phi) is 6.24. The zero-order chi connectivity index (χ0) is 15.9. The molecule has 0 aliphatic carbocycles. The minimum absolute atomic E-state index is 0.200. The smallest absolute Gasteiger partial charge is 0.277 e. The quantitative estimate of drug-likeness (QED) is 0.600. The molecule has 0 saturated heterocycles. The predicted molar refractivity (Wildman–Crippen MR) is 91.8 cm³/mol. The first-order chi connectivity index (χ1) is 10.6. The van der Waals surface area contributed by atoms with Gasteiger partial charge in [-0.15, -0.1) is 0 Å². The molecule has 4 nitrogen and oxygen atoms in total. The van der Waals surface area contributed by atoms with Crippen LogP contribution in [0.25, 0.3) is 0 Å². The van der Waals surface area contributed by atoms with Crippen LogP contribution in [0.4, 0.5) is 0 Å². The van der Waals surface area contributed by atoms with Gasteiger partial charge in [0.05, 0.1) is 11.2 Å². The minimum atomic E-state index is -0.394. The van der Waals surface area contributed by atoms with Gasteiger partial charge < -0.3 is 4.74 Å². The summed E-state index contributed by atoms with van der Waals surface area (Å²) in [5, 5.41) is 4.71. The number of hydrogen-bond acceptors (Lipinski definition) is 3. The van der Waals surface area contributed by atoms with E-state index in [1.165, 1.54) is 6.21 Å². The van der Waals surface area contributed by atoms with Gasteiger partial charge in [0, 0.05) is 15.1 Å². The van der Waals surface area contributed by atoms with Crippen LogP contribution in [0.1, 0.15) is 5.56 Å². The van der Waals surface area contributed by atoms with E-state index in [0.29, 0.717) is 15.8 Å². The number of ether oxygens (including phenoxy) is 1. The van der Waals surface area contributed by atoms with E-state index in [4.69, 9.17) is 27.9 Å². The number of amides is 1. The first-order valence-electron chi connectivity index (χ1n) is 6.20. The molecule has 0 aromatic heterocycles. The molecule has 0 unspecified atom stereocenters. The lowest BCUT2D eigenvalue weighted by Gasteiger charge is -2.07. The largest absolute Gasteiger partial charge is 0.482 e. The lowest BCUT2D eigenvalue weighted by Crippen LogP contribution is -2.24. The number of nitrogens with zero attached hydrogens (tertiary/aromatic N) is 1. The Balaban J connectivity index is 1.84. The highest BCUT2D eigenvalue weighted by Gasteiger charge is 2.05. The van der Waals surface area contributed by atoms with Crippen LogP contribution in [0.15, 0.2) is 52.0 Å². The van der Waals surface area contributed by atoms with Crippen molar-refractivity contribution in [1.82, 2.24) is 5.43 Å². The van der Waals surface area contributed by atoms with Crippen molar-refractivity contribution in [3.63, 3.8) is 0 Å². The zero-order valence-corrected chi connectivity index (χ0v) is 14.3. The molecule has 0 aliphatic rings. The highest BCUT2D eigenvalue weighted by Crippen LogP contribution is 2.27. The van der Waals surface area contributed by atoms with Gasteiger partial charge >= 0.3 is 0 Å². The van der Waals surface area contributed by atoms with Crippen molar-refractivity contribution in [2.45, 2.75) is 0 Å². The number of hydrogen-bond donors (Lipinski definition) is 1. The number of carbonyl (C=O) groups is 1. The van der Waals surface area contributed by atoms with Crippen molar-refractivity contribution in [2.24, 2.45) is 5.10 Å². The summed E-state index contributed by atoms with van der Waals surface area (Å²) in [7, 11) is 0. The van der Waals surface area contributed by atoms with Gasteiger partial charge in [0.25, 0.3) is 5.91 Å². The predicted octanol–water partition coefficient (Wildman–Crippen LogP) is 4.29. The van der Waals surface area contributed by atoms with Gasteiger partial charge in [-0.2, -0.15) is 5.10 Å². The summed E-state index contributed by atoms with van der Waals surface area (Å²) in [5.41, 5.74) is 3.23. The van der Waals surface area contributed by atoms with Crippen LogP contribution in [0.2, 0.25) is 10.0 Å². The first kappa shape index (κ1) is 16.8. The first-order valence-corrected chi connectivity index (χ1v) is 7.75. The fraction of sp³-hybridized carbons (Fsp3) is 0.0667. The molecule has 2 aromatic carbocycles. The number of rotatable bonds is 5. The average molecular weight is 402 g/mol. The van der Waals surface area contributed by atoms with Gasteiger partial charge in [-0.1, -0.05) is 57.3 Å². The molecule has 0 aliphatic heterocycles. The van der Waals surface area contributed by atoms with E-state index >= 15 is 0 Å². The SMILES string of the molecule is O=C(COc1ccc(Cl)cc1Cl)N/N=C/c1ccccc1Br. The molecule has 1 amide bonds. The van der Waals surface area contributed by atoms with Gasteiger partial charge in [-0.25, -0.2) is 5.43 Å². The highest BCUT2D eigenvalue weighted by molar-refractivity contribution is 9.10. The maximum Gasteiger partial charge on any atom is 0.277 e. The van der Waals surface area contributed by atoms with Crippen molar-refractivity contribution < 1.29 is 9.53 Å². The average Bonchev–Trinajstić information content (AvgIpc) is 2.48. The van der Waals surface area contributed by atoms with Crippen LogP contribution < -0.4 is 10.2 Å². The maximum atomic E-state index is 11.6. The summed E-state index contributed by atoms with van der Waals surface area (Å²) in [6.07, 6.45) is 1.54. The number of halogens is 3. The number of benzene rings is 2. The van der Waals surface area contributed by atoms with Gasteiger partial charge in [-0.05, 0) is 24.3 Å². The third-order valence-corrected chi connectivity index (χ3v) is 3.80. The topological polar surface area (TPSA) is 50.7 Å². The molecule has 22 heavy (non-hydrogen) atoms. The summed E-state index contributed by atoms with van der Waals surface area (Å²) in [4.78, 5) is 11.6. The molecule has 0 atom stereocenters. The lowest BCUT2D eigenvalue weighted by atomic mass is 10.2. The number of nitrogens with one attached hydrogen (secondary N) is 1. The molecule has 0 fully saturated rings. The van der Waals surface area contributed by atoms with Crippen molar-refractivity contribution in [2.75, 3.05) is 6.61 Å². The molecule has 0 heterocycles. The summed E-state index contributed by atoms with van der Waals surface area (Å²) in [5.74, 6) is -0.00896. The molecule has 0 radical (unpaired) electrons. The molecule has 1 N–H and O–H groups in total. The Morgan fingerprint density at radius 1 is 1.27 bits per heavy atom. The van der Waals surface area contributed by atoms with Crippen LogP contribution >= 0.6 is 39.1 Å². The highest BCUT2D eigenvalue weighted by atomic mass is 79.9. The summed E-state index contributed by atoms with van der Waals surface area (Å²) < 4.78 is 6.18. The Bertz CT molecular complexity index is 708. The Labute approximate surface area is 146 Å². The van der Waals surface area contributed by atoms with E-state index in [2.05, 4.69) is 26.5 Å². The summed E-state index contributed by atoms with van der Waals surface area (Å²) >= 11 is 15.1. The van der Waals surface area contributed by atoms with Crippen molar-refractivity contribution in [1.29, 1.82) is 0 Å². The van der Waals surface area contributed by atoms with E-state index in [1.54, 1.807) is 18.2 Å². The van der Waals surface area contributed by atoms with Gasteiger partial charge in [0.2, 0.25) is 0 Å². The summed E-state index contributed by atoms with van der Waals surface area (Å²) in [6, 6.07) is 12.3. The monoisotopic (exact) mass is 400 g/mol. The second kappa shape index (κ2) is 8.17. The molecule has 0 saturated carbocycles.